The van der Waals surface area contributed by atoms with Crippen LogP contribution in [-0.2, 0) is 0 Å². The number of pyridine rings is 1. The molecule has 0 unspecified atom stereocenters. The van der Waals surface area contributed by atoms with Crippen LogP contribution >= 0.6 is 0 Å². The summed E-state index contributed by atoms with van der Waals surface area (Å²) in [4.78, 5) is 7.18. The minimum atomic E-state index is 0.0802. The Balaban J connectivity index is 1.69. The molecule has 0 saturated heterocycles. The number of rotatable bonds is 2. The first-order valence-electron chi connectivity index (χ1n) is 10.0. The summed E-state index contributed by atoms with van der Waals surface area (Å²) < 4.78 is 2.93. The molecule has 2 aromatic carbocycles. The van der Waals surface area contributed by atoms with Gasteiger partial charge in [0.1, 0.15) is 0 Å². The molecule has 4 aromatic rings. The van der Waals surface area contributed by atoms with Crippen molar-refractivity contribution in [2.24, 2.45) is 0 Å². The number of anilines is 2. The fourth-order valence-corrected chi connectivity index (χ4v) is 7.81. The fraction of sp³-hybridized carbons (Fsp3) is 0.208. The van der Waals surface area contributed by atoms with Crippen molar-refractivity contribution in [2.75, 3.05) is 17.1 Å². The van der Waals surface area contributed by atoms with Gasteiger partial charge in [0.15, 0.2) is 0 Å². The quantitative estimate of drug-likeness (QED) is 0.464. The normalized spacial score (nSPS) is 13.1. The van der Waals surface area contributed by atoms with E-state index in [-0.39, 0.29) is 21.5 Å². The van der Waals surface area contributed by atoms with E-state index in [0.717, 1.165) is 5.59 Å². The van der Waals surface area contributed by atoms with E-state index in [1.807, 2.05) is 6.20 Å². The van der Waals surface area contributed by atoms with E-state index in [1.54, 1.807) is 0 Å². The number of hydrogen-bond acceptors (Lipinski definition) is 3. The van der Waals surface area contributed by atoms with Gasteiger partial charge in [0.2, 0.25) is 0 Å². The molecule has 0 saturated carbocycles. The van der Waals surface area contributed by atoms with Gasteiger partial charge in [-0.2, -0.15) is 0 Å². The maximum atomic E-state index is 4.87. The van der Waals surface area contributed by atoms with Crippen LogP contribution in [0.2, 0.25) is 0 Å². The molecule has 2 aromatic heterocycles. The fourth-order valence-electron chi connectivity index (χ4n) is 4.68. The molecule has 0 amide bonds. The van der Waals surface area contributed by atoms with E-state index in [9.17, 15) is 0 Å². The van der Waals surface area contributed by atoms with Gasteiger partial charge >= 0.3 is 179 Å². The molecule has 1 aliphatic rings. The second-order valence-corrected chi connectivity index (χ2v) is 10.2. The van der Waals surface area contributed by atoms with Gasteiger partial charge in [-0.3, -0.25) is 0 Å². The molecular formula is C24H24BN3Se. The Labute approximate surface area is 178 Å². The standard InChI is InChI=1S/C24H24BN3Se/c1-14-12-15(2)21(16(3)13-14)22-17(4)18-10-11-26-24(23(18)29-22)25-27-19-8-6-7-9-20(19)28(25)5/h6-13,27H,1-5H3. The van der Waals surface area contributed by atoms with Gasteiger partial charge in [-0.1, -0.05) is 0 Å². The SMILES string of the molecule is Cc1cc(C)c(-c2[se]c3c(B4Nc5ccccc5N4C)nccc3c2C)c(C)c1. The third-order valence-corrected chi connectivity index (χ3v) is 8.83. The molecular weight excluding hydrogens is 420 g/mol. The van der Waals surface area contributed by atoms with Gasteiger partial charge in [0, 0.05) is 0 Å². The summed E-state index contributed by atoms with van der Waals surface area (Å²) in [7, 11) is 2.15. The van der Waals surface area contributed by atoms with Crippen molar-refractivity contribution in [2.45, 2.75) is 27.7 Å². The summed E-state index contributed by atoms with van der Waals surface area (Å²) >= 11 is 0.241. The summed E-state index contributed by atoms with van der Waals surface area (Å²) in [6, 6.07) is 15.3. The van der Waals surface area contributed by atoms with Crippen LogP contribution < -0.4 is 15.6 Å². The molecule has 144 valence electrons. The second-order valence-electron chi connectivity index (χ2n) is 8.08. The number of nitrogens with zero attached hydrogens (tertiary/aromatic N) is 2. The summed E-state index contributed by atoms with van der Waals surface area (Å²) in [6.07, 6.45) is 1.98. The molecule has 1 N–H and O–H groups in total. The Morgan fingerprint density at radius 1 is 1.00 bits per heavy atom. The van der Waals surface area contributed by atoms with Crippen LogP contribution in [0.3, 0.4) is 0 Å². The predicted molar refractivity (Wildman–Crippen MR) is 127 cm³/mol. The molecule has 5 rings (SSSR count). The minimum absolute atomic E-state index is 0.0802. The van der Waals surface area contributed by atoms with E-state index in [4.69, 9.17) is 4.98 Å². The topological polar surface area (TPSA) is 28.2 Å². The van der Waals surface area contributed by atoms with Crippen LogP contribution in [0.4, 0.5) is 11.4 Å². The first kappa shape index (κ1) is 18.5. The van der Waals surface area contributed by atoms with Gasteiger partial charge in [0.05, 0.1) is 0 Å². The average molecular weight is 444 g/mol. The molecule has 5 heteroatoms. The summed E-state index contributed by atoms with van der Waals surface area (Å²) in [5.74, 6) is 0. The van der Waals surface area contributed by atoms with Gasteiger partial charge in [0.25, 0.3) is 0 Å². The van der Waals surface area contributed by atoms with Crippen molar-refractivity contribution < 1.29 is 0 Å². The molecule has 3 heterocycles. The van der Waals surface area contributed by atoms with Crippen LogP contribution in [0.5, 0.6) is 0 Å². The van der Waals surface area contributed by atoms with E-state index < -0.39 is 0 Å². The zero-order chi connectivity index (χ0) is 20.3. The first-order valence-corrected chi connectivity index (χ1v) is 11.7. The Morgan fingerprint density at radius 3 is 2.45 bits per heavy atom. The number of aromatic nitrogens is 1. The van der Waals surface area contributed by atoms with Crippen molar-refractivity contribution in [3.05, 3.63) is 70.9 Å². The molecule has 1 aliphatic heterocycles. The van der Waals surface area contributed by atoms with E-state index in [2.05, 4.69) is 87.2 Å². The third-order valence-electron chi connectivity index (χ3n) is 6.01. The second kappa shape index (κ2) is 6.79. The summed E-state index contributed by atoms with van der Waals surface area (Å²) in [5.41, 5.74) is 10.5. The molecule has 0 fully saturated rings. The van der Waals surface area contributed by atoms with E-state index in [0.29, 0.717) is 0 Å². The van der Waals surface area contributed by atoms with Crippen molar-refractivity contribution in [3.63, 3.8) is 0 Å². The average Bonchev–Trinajstić information content (AvgIpc) is 3.19. The van der Waals surface area contributed by atoms with Gasteiger partial charge < -0.3 is 0 Å². The molecule has 29 heavy (non-hydrogen) atoms. The zero-order valence-electron chi connectivity index (χ0n) is 17.5. The molecule has 3 nitrogen and oxygen atoms in total. The van der Waals surface area contributed by atoms with Gasteiger partial charge in [-0.25, -0.2) is 0 Å². The number of fused-ring (bicyclic) bond motifs is 2. The van der Waals surface area contributed by atoms with Crippen molar-refractivity contribution in [1.82, 2.24) is 4.98 Å². The maximum absolute atomic E-state index is 4.87. The van der Waals surface area contributed by atoms with Crippen LogP contribution in [0.25, 0.3) is 19.6 Å². The Morgan fingerprint density at radius 2 is 1.72 bits per heavy atom. The van der Waals surface area contributed by atoms with Gasteiger partial charge in [-0.15, -0.1) is 0 Å². The zero-order valence-corrected chi connectivity index (χ0v) is 19.2. The predicted octanol–water partition coefficient (Wildman–Crippen LogP) is 4.45. The number of aryl methyl sites for hydroxylation is 4. The monoisotopic (exact) mass is 445 g/mol. The van der Waals surface area contributed by atoms with E-state index in [1.165, 1.54) is 53.3 Å². The number of para-hydroxylation sites is 2. The number of hydrogen-bond donors (Lipinski definition) is 1. The van der Waals surface area contributed by atoms with Crippen LogP contribution in [-0.4, -0.2) is 33.5 Å². The van der Waals surface area contributed by atoms with Crippen LogP contribution in [0.15, 0.2) is 48.7 Å². The third kappa shape index (κ3) is 2.84. The molecule has 0 aliphatic carbocycles. The van der Waals surface area contributed by atoms with Crippen LogP contribution in [0, 0.1) is 27.7 Å². The number of nitrogens with one attached hydrogen (secondary N) is 1. The summed E-state index contributed by atoms with van der Waals surface area (Å²) in [5, 5.41) is 5.06. The molecule has 0 radical (unpaired) electrons. The van der Waals surface area contributed by atoms with Crippen molar-refractivity contribution >= 4 is 48.1 Å². The van der Waals surface area contributed by atoms with Crippen molar-refractivity contribution in [1.29, 1.82) is 0 Å². The van der Waals surface area contributed by atoms with E-state index >= 15 is 0 Å². The van der Waals surface area contributed by atoms with Gasteiger partial charge in [-0.05, 0) is 0 Å². The Kier molecular flexibility index (Phi) is 4.34. The molecule has 0 bridgehead atoms. The first-order chi connectivity index (χ1) is 14.0. The Hall–Kier alpha value is -2.49. The molecule has 0 spiro atoms. The van der Waals surface area contributed by atoms with Crippen LogP contribution in [0.1, 0.15) is 22.3 Å². The summed E-state index contributed by atoms with van der Waals surface area (Å²) in [6.45, 7) is 9.04. The number of benzene rings is 2. The van der Waals surface area contributed by atoms with Crippen molar-refractivity contribution in [3.8, 4) is 10.0 Å². The molecule has 0 atom stereocenters. The Bertz CT molecular complexity index is 1240.